The number of piperidine rings is 1. The Labute approximate surface area is 157 Å². The van der Waals surface area contributed by atoms with Gasteiger partial charge in [0.25, 0.3) is 0 Å². The van der Waals surface area contributed by atoms with E-state index in [0.717, 1.165) is 44.0 Å². The average molecular weight is 360 g/mol. The molecule has 0 saturated carbocycles. The summed E-state index contributed by atoms with van der Waals surface area (Å²) in [5, 5.41) is 13.6. The van der Waals surface area contributed by atoms with Crippen molar-refractivity contribution < 1.29 is 5.11 Å². The molecule has 0 spiro atoms. The molecule has 0 atom stereocenters. The minimum Gasteiger partial charge on any atom is -0.504 e. The van der Waals surface area contributed by atoms with E-state index in [1.54, 1.807) is 12.3 Å². The molecule has 144 valence electrons. The first kappa shape index (κ1) is 19.0. The van der Waals surface area contributed by atoms with Crippen molar-refractivity contribution >= 4 is 11.5 Å². The SMILES string of the molecule is C=C(NCC)c1cnc(N2CCN(C3CCN(CC)CC3)CC2)c(O)c1. The van der Waals surface area contributed by atoms with E-state index >= 15 is 0 Å². The fourth-order valence-corrected chi connectivity index (χ4v) is 4.07. The van der Waals surface area contributed by atoms with Gasteiger partial charge in [-0.2, -0.15) is 0 Å². The second-order valence-corrected chi connectivity index (χ2v) is 7.26. The molecule has 0 amide bonds. The van der Waals surface area contributed by atoms with E-state index in [4.69, 9.17) is 0 Å². The number of likely N-dealkylation sites (tertiary alicyclic amines) is 1. The molecule has 3 rings (SSSR count). The summed E-state index contributed by atoms with van der Waals surface area (Å²) in [6.07, 6.45) is 4.35. The zero-order valence-electron chi connectivity index (χ0n) is 16.2. The lowest BCUT2D eigenvalue weighted by molar-refractivity contribution is 0.106. The van der Waals surface area contributed by atoms with E-state index in [-0.39, 0.29) is 5.75 Å². The summed E-state index contributed by atoms with van der Waals surface area (Å²) >= 11 is 0. The number of piperazine rings is 1. The molecule has 6 heteroatoms. The van der Waals surface area contributed by atoms with Gasteiger partial charge in [0.15, 0.2) is 11.6 Å². The first-order valence-corrected chi connectivity index (χ1v) is 9.95. The van der Waals surface area contributed by atoms with Crippen molar-refractivity contribution in [2.24, 2.45) is 0 Å². The lowest BCUT2D eigenvalue weighted by atomic mass is 10.0. The van der Waals surface area contributed by atoms with Crippen LogP contribution in [0.4, 0.5) is 5.82 Å². The molecular formula is C20H33N5O. The van der Waals surface area contributed by atoms with Crippen molar-refractivity contribution in [2.75, 3.05) is 57.3 Å². The quantitative estimate of drug-likeness (QED) is 0.810. The van der Waals surface area contributed by atoms with E-state index in [2.05, 4.69) is 38.5 Å². The number of hydrogen-bond donors (Lipinski definition) is 2. The van der Waals surface area contributed by atoms with Crippen molar-refractivity contribution in [1.29, 1.82) is 0 Å². The standard InChI is InChI=1S/C20H33N5O/c1-4-21-16(3)17-14-19(26)20(22-15-17)25-12-10-24(11-13-25)18-6-8-23(5-2)9-7-18/h14-15,18,21,26H,3-13H2,1-2H3. The number of hydrogen-bond acceptors (Lipinski definition) is 6. The number of aromatic nitrogens is 1. The largest absolute Gasteiger partial charge is 0.504 e. The molecular weight excluding hydrogens is 326 g/mol. The highest BCUT2D eigenvalue weighted by molar-refractivity contribution is 5.65. The number of nitrogens with one attached hydrogen (secondary N) is 1. The number of anilines is 1. The summed E-state index contributed by atoms with van der Waals surface area (Å²) in [4.78, 5) is 11.9. The monoisotopic (exact) mass is 359 g/mol. The Morgan fingerprint density at radius 3 is 2.46 bits per heavy atom. The zero-order valence-corrected chi connectivity index (χ0v) is 16.2. The minimum absolute atomic E-state index is 0.242. The second kappa shape index (κ2) is 8.73. The first-order valence-electron chi connectivity index (χ1n) is 9.95. The van der Waals surface area contributed by atoms with Crippen LogP contribution in [-0.2, 0) is 0 Å². The molecule has 2 aliphatic heterocycles. The molecule has 3 heterocycles. The maximum atomic E-state index is 10.4. The molecule has 2 saturated heterocycles. The molecule has 0 radical (unpaired) electrons. The highest BCUT2D eigenvalue weighted by Gasteiger charge is 2.28. The van der Waals surface area contributed by atoms with Crippen LogP contribution in [0.15, 0.2) is 18.8 Å². The molecule has 0 aliphatic carbocycles. The summed E-state index contributed by atoms with van der Waals surface area (Å²) in [7, 11) is 0. The van der Waals surface area contributed by atoms with E-state index in [0.29, 0.717) is 11.9 Å². The topological polar surface area (TPSA) is 54.9 Å². The van der Waals surface area contributed by atoms with Gasteiger partial charge in [-0.1, -0.05) is 13.5 Å². The van der Waals surface area contributed by atoms with Gasteiger partial charge in [-0.3, -0.25) is 4.90 Å². The highest BCUT2D eigenvalue weighted by Crippen LogP contribution is 2.28. The number of aromatic hydroxyl groups is 1. The van der Waals surface area contributed by atoms with Crippen LogP contribution in [0.2, 0.25) is 0 Å². The van der Waals surface area contributed by atoms with E-state index in [9.17, 15) is 5.11 Å². The van der Waals surface area contributed by atoms with Gasteiger partial charge in [0.1, 0.15) is 0 Å². The van der Waals surface area contributed by atoms with Crippen molar-refractivity contribution in [1.82, 2.24) is 20.1 Å². The number of nitrogens with zero attached hydrogens (tertiary/aromatic N) is 4. The Morgan fingerprint density at radius 2 is 1.88 bits per heavy atom. The fraction of sp³-hybridized carbons (Fsp3) is 0.650. The predicted molar refractivity (Wildman–Crippen MR) is 108 cm³/mol. The van der Waals surface area contributed by atoms with Gasteiger partial charge in [-0.15, -0.1) is 0 Å². The Bertz CT molecular complexity index is 604. The van der Waals surface area contributed by atoms with Gasteiger partial charge < -0.3 is 20.2 Å². The summed E-state index contributed by atoms with van der Waals surface area (Å²) in [5.41, 5.74) is 1.64. The molecule has 2 N–H and O–H groups in total. The molecule has 6 nitrogen and oxygen atoms in total. The van der Waals surface area contributed by atoms with Gasteiger partial charge >= 0.3 is 0 Å². The van der Waals surface area contributed by atoms with Crippen molar-refractivity contribution in [3.8, 4) is 5.75 Å². The molecule has 1 aromatic heterocycles. The van der Waals surface area contributed by atoms with Gasteiger partial charge in [0.2, 0.25) is 0 Å². The van der Waals surface area contributed by atoms with E-state index in [1.165, 1.54) is 32.5 Å². The Morgan fingerprint density at radius 1 is 1.19 bits per heavy atom. The smallest absolute Gasteiger partial charge is 0.171 e. The molecule has 1 aromatic rings. The van der Waals surface area contributed by atoms with E-state index in [1.807, 2.05) is 6.92 Å². The van der Waals surface area contributed by atoms with Crippen LogP contribution in [0.3, 0.4) is 0 Å². The third kappa shape index (κ3) is 4.30. The molecule has 26 heavy (non-hydrogen) atoms. The zero-order chi connectivity index (χ0) is 18.5. The Kier molecular flexibility index (Phi) is 6.38. The third-order valence-electron chi connectivity index (χ3n) is 5.72. The number of rotatable bonds is 6. The molecule has 0 unspecified atom stereocenters. The van der Waals surface area contributed by atoms with Crippen LogP contribution in [0.5, 0.6) is 5.75 Å². The van der Waals surface area contributed by atoms with Gasteiger partial charge in [-0.05, 0) is 45.5 Å². The lowest BCUT2D eigenvalue weighted by Crippen LogP contribution is -2.53. The van der Waals surface area contributed by atoms with Crippen molar-refractivity contribution in [3.05, 3.63) is 24.4 Å². The maximum absolute atomic E-state index is 10.4. The normalized spacial score (nSPS) is 20.3. The lowest BCUT2D eigenvalue weighted by Gasteiger charge is -2.43. The molecule has 2 fully saturated rings. The van der Waals surface area contributed by atoms with E-state index < -0.39 is 0 Å². The molecule has 0 aromatic carbocycles. The Hall–Kier alpha value is -1.79. The molecule has 2 aliphatic rings. The predicted octanol–water partition coefficient (Wildman–Crippen LogP) is 1.97. The van der Waals surface area contributed by atoms with Crippen LogP contribution in [0, 0.1) is 0 Å². The summed E-state index contributed by atoms with van der Waals surface area (Å²) < 4.78 is 0. The highest BCUT2D eigenvalue weighted by atomic mass is 16.3. The third-order valence-corrected chi connectivity index (χ3v) is 5.72. The number of pyridine rings is 1. The fourth-order valence-electron chi connectivity index (χ4n) is 4.07. The maximum Gasteiger partial charge on any atom is 0.171 e. The van der Waals surface area contributed by atoms with Crippen molar-refractivity contribution in [2.45, 2.75) is 32.7 Å². The summed E-state index contributed by atoms with van der Waals surface area (Å²) in [6.45, 7) is 16.6. The summed E-state index contributed by atoms with van der Waals surface area (Å²) in [6, 6.07) is 2.48. The minimum atomic E-state index is 0.242. The van der Waals surface area contributed by atoms with Crippen LogP contribution in [-0.4, -0.2) is 78.3 Å². The van der Waals surface area contributed by atoms with Crippen molar-refractivity contribution in [3.63, 3.8) is 0 Å². The van der Waals surface area contributed by atoms with Crippen LogP contribution < -0.4 is 10.2 Å². The average Bonchev–Trinajstić information content (AvgIpc) is 2.68. The molecule has 0 bridgehead atoms. The first-order chi connectivity index (χ1) is 12.6. The van der Waals surface area contributed by atoms with Crippen LogP contribution >= 0.6 is 0 Å². The summed E-state index contributed by atoms with van der Waals surface area (Å²) in [5.74, 6) is 0.935. The van der Waals surface area contributed by atoms with Crippen LogP contribution in [0.25, 0.3) is 5.70 Å². The van der Waals surface area contributed by atoms with Gasteiger partial charge in [0.05, 0.1) is 0 Å². The van der Waals surface area contributed by atoms with Gasteiger partial charge in [-0.25, -0.2) is 4.98 Å². The van der Waals surface area contributed by atoms with Gasteiger partial charge in [0, 0.05) is 56.2 Å². The Balaban J connectivity index is 1.55. The second-order valence-electron chi connectivity index (χ2n) is 7.26. The van der Waals surface area contributed by atoms with Crippen LogP contribution in [0.1, 0.15) is 32.3 Å².